The lowest BCUT2D eigenvalue weighted by molar-refractivity contribution is 0.380. The molecule has 0 aliphatic rings. The lowest BCUT2D eigenvalue weighted by Crippen LogP contribution is -2.29. The fourth-order valence-corrected chi connectivity index (χ4v) is 3.11. The van der Waals surface area contributed by atoms with Gasteiger partial charge in [0, 0.05) is 5.56 Å². The second-order valence-corrected chi connectivity index (χ2v) is 7.39. The molecule has 1 aromatic heterocycles. The van der Waals surface area contributed by atoms with Crippen LogP contribution in [-0.4, -0.2) is 24.8 Å². The number of aryl methyl sites for hydroxylation is 1. The summed E-state index contributed by atoms with van der Waals surface area (Å²) in [5.74, 6) is 0.673. The van der Waals surface area contributed by atoms with Crippen molar-refractivity contribution >= 4 is 15.7 Å². The molecule has 3 rings (SSSR count). The third-order valence-electron chi connectivity index (χ3n) is 3.50. The number of sulfonamides is 1. The van der Waals surface area contributed by atoms with Crippen molar-refractivity contribution in [3.8, 4) is 11.4 Å². The summed E-state index contributed by atoms with van der Waals surface area (Å²) in [5.41, 5.74) is 2.51. The fourth-order valence-electron chi connectivity index (χ4n) is 2.26. The smallest absolute Gasteiger partial charge is 0.247 e. The molecular formula is C17H17N3O3S. The minimum absolute atomic E-state index is 0.0122. The van der Waals surface area contributed by atoms with Crippen LogP contribution in [0.3, 0.4) is 0 Å². The Labute approximate surface area is 140 Å². The third kappa shape index (κ3) is 3.62. The van der Waals surface area contributed by atoms with Gasteiger partial charge in [0.2, 0.25) is 21.7 Å². The molecule has 24 heavy (non-hydrogen) atoms. The lowest BCUT2D eigenvalue weighted by Gasteiger charge is -2.20. The van der Waals surface area contributed by atoms with E-state index in [0.717, 1.165) is 17.4 Å². The monoisotopic (exact) mass is 343 g/mol. The SMILES string of the molecule is Cc1ccc(-c2noc(CN(c3ccccc3)S(C)(=O)=O)n2)cc1. The summed E-state index contributed by atoms with van der Waals surface area (Å²) < 4.78 is 30.6. The molecule has 0 saturated carbocycles. The van der Waals surface area contributed by atoms with E-state index in [-0.39, 0.29) is 12.4 Å². The Morgan fingerprint density at radius 2 is 1.71 bits per heavy atom. The Balaban J connectivity index is 1.88. The topological polar surface area (TPSA) is 76.3 Å². The number of anilines is 1. The van der Waals surface area contributed by atoms with Gasteiger partial charge in [-0.25, -0.2) is 8.42 Å². The minimum Gasteiger partial charge on any atom is -0.337 e. The van der Waals surface area contributed by atoms with Gasteiger partial charge >= 0.3 is 0 Å². The zero-order chi connectivity index (χ0) is 17.2. The Kier molecular flexibility index (Phi) is 4.35. The predicted molar refractivity (Wildman–Crippen MR) is 91.9 cm³/mol. The van der Waals surface area contributed by atoms with Crippen LogP contribution in [0.15, 0.2) is 59.1 Å². The molecule has 0 amide bonds. The van der Waals surface area contributed by atoms with E-state index in [0.29, 0.717) is 11.5 Å². The highest BCUT2D eigenvalue weighted by Crippen LogP contribution is 2.21. The summed E-state index contributed by atoms with van der Waals surface area (Å²) in [6, 6.07) is 16.5. The first-order chi connectivity index (χ1) is 11.4. The maximum atomic E-state index is 12.1. The molecule has 2 aromatic carbocycles. The number of para-hydroxylation sites is 1. The van der Waals surface area contributed by atoms with Crippen LogP contribution in [-0.2, 0) is 16.6 Å². The van der Waals surface area contributed by atoms with Crippen molar-refractivity contribution in [3.63, 3.8) is 0 Å². The Bertz CT molecular complexity index is 919. The number of benzene rings is 2. The largest absolute Gasteiger partial charge is 0.337 e. The van der Waals surface area contributed by atoms with E-state index in [1.165, 1.54) is 4.31 Å². The van der Waals surface area contributed by atoms with Crippen LogP contribution >= 0.6 is 0 Å². The molecule has 0 spiro atoms. The maximum absolute atomic E-state index is 12.1. The zero-order valence-corrected chi connectivity index (χ0v) is 14.2. The van der Waals surface area contributed by atoms with Gasteiger partial charge in [0.15, 0.2) is 0 Å². The number of hydrogen-bond donors (Lipinski definition) is 0. The number of aromatic nitrogens is 2. The lowest BCUT2D eigenvalue weighted by atomic mass is 10.1. The van der Waals surface area contributed by atoms with Crippen molar-refractivity contribution in [1.29, 1.82) is 0 Å². The molecule has 0 unspecified atom stereocenters. The van der Waals surface area contributed by atoms with Crippen LogP contribution in [0.1, 0.15) is 11.5 Å². The molecule has 1 heterocycles. The van der Waals surface area contributed by atoms with Gasteiger partial charge in [-0.3, -0.25) is 4.31 Å². The molecule has 0 atom stereocenters. The van der Waals surface area contributed by atoms with Crippen molar-refractivity contribution in [2.75, 3.05) is 10.6 Å². The number of nitrogens with zero attached hydrogens (tertiary/aromatic N) is 3. The van der Waals surface area contributed by atoms with Crippen molar-refractivity contribution in [2.45, 2.75) is 13.5 Å². The summed E-state index contributed by atoms with van der Waals surface area (Å²) in [6.45, 7) is 1.98. The van der Waals surface area contributed by atoms with Gasteiger partial charge in [0.1, 0.15) is 6.54 Å². The van der Waals surface area contributed by atoms with Crippen molar-refractivity contribution in [3.05, 3.63) is 66.1 Å². The number of rotatable bonds is 5. The summed E-state index contributed by atoms with van der Waals surface area (Å²) in [4.78, 5) is 4.31. The Morgan fingerprint density at radius 1 is 1.04 bits per heavy atom. The molecule has 0 N–H and O–H groups in total. The third-order valence-corrected chi connectivity index (χ3v) is 4.64. The molecule has 0 aliphatic heterocycles. The van der Waals surface area contributed by atoms with E-state index in [2.05, 4.69) is 10.1 Å². The van der Waals surface area contributed by atoms with Crippen LogP contribution in [0.4, 0.5) is 5.69 Å². The van der Waals surface area contributed by atoms with E-state index >= 15 is 0 Å². The molecule has 6 nitrogen and oxygen atoms in total. The van der Waals surface area contributed by atoms with Crippen LogP contribution in [0.2, 0.25) is 0 Å². The van der Waals surface area contributed by atoms with Crippen molar-refractivity contribution in [2.24, 2.45) is 0 Å². The van der Waals surface area contributed by atoms with Gasteiger partial charge in [0.05, 0.1) is 11.9 Å². The molecular weight excluding hydrogens is 326 g/mol. The molecule has 3 aromatic rings. The maximum Gasteiger partial charge on any atom is 0.247 e. The standard InChI is InChI=1S/C17H17N3O3S/c1-13-8-10-14(11-9-13)17-18-16(23-19-17)12-20(24(2,21)22)15-6-4-3-5-7-15/h3-11H,12H2,1-2H3. The average Bonchev–Trinajstić information content (AvgIpc) is 3.02. The van der Waals surface area contributed by atoms with Crippen LogP contribution in [0, 0.1) is 6.92 Å². The van der Waals surface area contributed by atoms with Gasteiger partial charge in [-0.2, -0.15) is 4.98 Å². The van der Waals surface area contributed by atoms with Crippen LogP contribution in [0.5, 0.6) is 0 Å². The molecule has 0 bridgehead atoms. The fraction of sp³-hybridized carbons (Fsp3) is 0.176. The quantitative estimate of drug-likeness (QED) is 0.712. The second-order valence-electron chi connectivity index (χ2n) is 5.48. The summed E-state index contributed by atoms with van der Waals surface area (Å²) in [6.07, 6.45) is 1.15. The first kappa shape index (κ1) is 16.2. The Hall–Kier alpha value is -2.67. The zero-order valence-electron chi connectivity index (χ0n) is 13.4. The molecule has 7 heteroatoms. The molecule has 0 saturated heterocycles. The van der Waals surface area contributed by atoms with Crippen molar-refractivity contribution < 1.29 is 12.9 Å². The highest BCUT2D eigenvalue weighted by atomic mass is 32.2. The molecule has 124 valence electrons. The first-order valence-corrected chi connectivity index (χ1v) is 9.21. The molecule has 0 fully saturated rings. The predicted octanol–water partition coefficient (Wildman–Crippen LogP) is 3.01. The highest BCUT2D eigenvalue weighted by Gasteiger charge is 2.21. The van der Waals surface area contributed by atoms with E-state index in [4.69, 9.17) is 4.52 Å². The van der Waals surface area contributed by atoms with Gasteiger partial charge in [-0.15, -0.1) is 0 Å². The van der Waals surface area contributed by atoms with E-state index < -0.39 is 10.0 Å². The van der Waals surface area contributed by atoms with Crippen molar-refractivity contribution in [1.82, 2.24) is 10.1 Å². The van der Waals surface area contributed by atoms with Gasteiger partial charge < -0.3 is 4.52 Å². The van der Waals surface area contributed by atoms with E-state index in [9.17, 15) is 8.42 Å². The Morgan fingerprint density at radius 3 is 2.33 bits per heavy atom. The number of hydrogen-bond acceptors (Lipinski definition) is 5. The van der Waals surface area contributed by atoms with E-state index in [1.54, 1.807) is 24.3 Å². The summed E-state index contributed by atoms with van der Waals surface area (Å²) >= 11 is 0. The van der Waals surface area contributed by atoms with Gasteiger partial charge in [0.25, 0.3) is 0 Å². The van der Waals surface area contributed by atoms with Gasteiger partial charge in [-0.1, -0.05) is 53.2 Å². The summed E-state index contributed by atoms with van der Waals surface area (Å²) in [7, 11) is -3.47. The summed E-state index contributed by atoms with van der Waals surface area (Å²) in [5, 5.41) is 3.94. The average molecular weight is 343 g/mol. The molecule has 0 radical (unpaired) electrons. The first-order valence-electron chi connectivity index (χ1n) is 7.36. The minimum atomic E-state index is -3.47. The van der Waals surface area contributed by atoms with Crippen LogP contribution < -0.4 is 4.31 Å². The van der Waals surface area contributed by atoms with Gasteiger partial charge in [-0.05, 0) is 19.1 Å². The highest BCUT2D eigenvalue weighted by molar-refractivity contribution is 7.92. The normalized spacial score (nSPS) is 11.4. The second kappa shape index (κ2) is 6.45. The van der Waals surface area contributed by atoms with Crippen LogP contribution in [0.25, 0.3) is 11.4 Å². The van der Waals surface area contributed by atoms with E-state index in [1.807, 2.05) is 37.3 Å². The molecule has 0 aliphatic carbocycles.